The molecule has 0 amide bonds. The number of rotatable bonds is 9. The third kappa shape index (κ3) is 4.91. The van der Waals surface area contributed by atoms with Crippen LogP contribution in [-0.4, -0.2) is 43.4 Å². The van der Waals surface area contributed by atoms with Gasteiger partial charge in [-0.15, -0.1) is 5.10 Å². The average molecular weight is 289 g/mol. The lowest BCUT2D eigenvalue weighted by Gasteiger charge is -2.20. The van der Waals surface area contributed by atoms with Gasteiger partial charge in [-0.05, 0) is 22.4 Å². The van der Waals surface area contributed by atoms with Crippen LogP contribution in [0.2, 0.25) is 0 Å². The van der Waals surface area contributed by atoms with Crippen LogP contribution in [0, 0.1) is 0 Å². The number of tetrazole rings is 1. The highest BCUT2D eigenvalue weighted by Crippen LogP contribution is 2.08. The van der Waals surface area contributed by atoms with Gasteiger partial charge in [0.05, 0.1) is 13.2 Å². The molecule has 0 fully saturated rings. The predicted octanol–water partition coefficient (Wildman–Crippen LogP) is 1.47. The monoisotopic (exact) mass is 289 g/mol. The molecular weight excluding hydrogens is 266 g/mol. The lowest BCUT2D eigenvalue weighted by molar-refractivity contribution is 0.179. The number of aliphatic hydroxyl groups is 1. The summed E-state index contributed by atoms with van der Waals surface area (Å²) in [5.41, 5.74) is 1.22. The molecule has 1 heterocycles. The number of hydrogen-bond acceptors (Lipinski definition) is 5. The molecule has 0 bridgehead atoms. The summed E-state index contributed by atoms with van der Waals surface area (Å²) in [6, 6.07) is 10.2. The van der Waals surface area contributed by atoms with E-state index in [0.717, 1.165) is 31.8 Å². The quantitative estimate of drug-likeness (QED) is 0.757. The van der Waals surface area contributed by atoms with E-state index in [1.54, 1.807) is 0 Å². The molecule has 0 saturated heterocycles. The molecule has 0 aliphatic carbocycles. The molecule has 1 aromatic heterocycles. The molecule has 114 valence electrons. The van der Waals surface area contributed by atoms with Crippen molar-refractivity contribution in [2.45, 2.75) is 39.4 Å². The SMILES string of the molecule is CCCCn1nnnc1CN(CCO)Cc1ccccc1. The molecule has 6 heteroatoms. The summed E-state index contributed by atoms with van der Waals surface area (Å²) < 4.78 is 1.86. The number of unbranched alkanes of at least 4 members (excludes halogenated alkanes) is 1. The molecule has 21 heavy (non-hydrogen) atoms. The highest BCUT2D eigenvalue weighted by atomic mass is 16.3. The second-order valence-electron chi connectivity index (χ2n) is 5.09. The van der Waals surface area contributed by atoms with E-state index in [1.165, 1.54) is 5.56 Å². The second kappa shape index (κ2) is 8.49. The molecule has 0 atom stereocenters. The van der Waals surface area contributed by atoms with Crippen LogP contribution in [0.3, 0.4) is 0 Å². The molecule has 0 radical (unpaired) electrons. The summed E-state index contributed by atoms with van der Waals surface area (Å²) in [6.45, 7) is 5.15. The van der Waals surface area contributed by atoms with Crippen molar-refractivity contribution in [2.24, 2.45) is 0 Å². The minimum Gasteiger partial charge on any atom is -0.395 e. The van der Waals surface area contributed by atoms with Gasteiger partial charge in [0.1, 0.15) is 0 Å². The molecule has 2 aromatic rings. The Morgan fingerprint density at radius 1 is 1.19 bits per heavy atom. The van der Waals surface area contributed by atoms with Gasteiger partial charge in [-0.3, -0.25) is 4.90 Å². The topological polar surface area (TPSA) is 67.1 Å². The molecular formula is C15H23N5O. The van der Waals surface area contributed by atoms with Crippen molar-refractivity contribution in [2.75, 3.05) is 13.2 Å². The van der Waals surface area contributed by atoms with E-state index in [0.29, 0.717) is 13.1 Å². The zero-order valence-electron chi connectivity index (χ0n) is 12.5. The van der Waals surface area contributed by atoms with Gasteiger partial charge in [0.15, 0.2) is 5.82 Å². The highest BCUT2D eigenvalue weighted by molar-refractivity contribution is 5.14. The lowest BCUT2D eigenvalue weighted by atomic mass is 10.2. The van der Waals surface area contributed by atoms with E-state index in [9.17, 15) is 5.11 Å². The summed E-state index contributed by atoms with van der Waals surface area (Å²) in [4.78, 5) is 2.16. The van der Waals surface area contributed by atoms with Crippen molar-refractivity contribution in [3.05, 3.63) is 41.7 Å². The van der Waals surface area contributed by atoms with Crippen LogP contribution in [0.1, 0.15) is 31.2 Å². The van der Waals surface area contributed by atoms with Gasteiger partial charge < -0.3 is 5.11 Å². The van der Waals surface area contributed by atoms with Crippen LogP contribution in [0.15, 0.2) is 30.3 Å². The maximum atomic E-state index is 9.25. The smallest absolute Gasteiger partial charge is 0.165 e. The largest absolute Gasteiger partial charge is 0.395 e. The van der Waals surface area contributed by atoms with Crippen molar-refractivity contribution >= 4 is 0 Å². The van der Waals surface area contributed by atoms with Crippen molar-refractivity contribution in [1.82, 2.24) is 25.1 Å². The van der Waals surface area contributed by atoms with Gasteiger partial charge in [0, 0.05) is 19.6 Å². The van der Waals surface area contributed by atoms with E-state index >= 15 is 0 Å². The first-order valence-corrected chi connectivity index (χ1v) is 7.45. The van der Waals surface area contributed by atoms with Crippen LogP contribution in [0.5, 0.6) is 0 Å². The third-order valence-electron chi connectivity index (χ3n) is 3.36. The molecule has 1 aromatic carbocycles. The number of benzene rings is 1. The summed E-state index contributed by atoms with van der Waals surface area (Å²) >= 11 is 0. The third-order valence-corrected chi connectivity index (χ3v) is 3.36. The molecule has 6 nitrogen and oxygen atoms in total. The van der Waals surface area contributed by atoms with Crippen LogP contribution >= 0.6 is 0 Å². The number of aryl methyl sites for hydroxylation is 1. The molecule has 1 N–H and O–H groups in total. The van der Waals surface area contributed by atoms with Crippen LogP contribution in [-0.2, 0) is 19.6 Å². The first-order valence-electron chi connectivity index (χ1n) is 7.45. The number of hydrogen-bond donors (Lipinski definition) is 1. The van der Waals surface area contributed by atoms with Crippen molar-refractivity contribution in [3.63, 3.8) is 0 Å². The summed E-state index contributed by atoms with van der Waals surface area (Å²) in [5.74, 6) is 0.854. The van der Waals surface area contributed by atoms with Gasteiger partial charge >= 0.3 is 0 Å². The number of aliphatic hydroxyl groups excluding tert-OH is 1. The molecule has 0 aliphatic heterocycles. The Hall–Kier alpha value is -1.79. The fourth-order valence-electron chi connectivity index (χ4n) is 2.22. The Balaban J connectivity index is 2.00. The Morgan fingerprint density at radius 3 is 2.71 bits per heavy atom. The minimum atomic E-state index is 0.128. The number of nitrogens with zero attached hydrogens (tertiary/aromatic N) is 5. The van der Waals surface area contributed by atoms with Crippen molar-refractivity contribution in [3.8, 4) is 0 Å². The van der Waals surface area contributed by atoms with E-state index in [-0.39, 0.29) is 6.61 Å². The molecule has 0 spiro atoms. The van der Waals surface area contributed by atoms with Crippen molar-refractivity contribution < 1.29 is 5.11 Å². The first kappa shape index (κ1) is 15.6. The molecule has 2 rings (SSSR count). The van der Waals surface area contributed by atoms with Crippen LogP contribution < -0.4 is 0 Å². The maximum absolute atomic E-state index is 9.25. The predicted molar refractivity (Wildman–Crippen MR) is 80.4 cm³/mol. The zero-order chi connectivity index (χ0) is 14.9. The second-order valence-corrected chi connectivity index (χ2v) is 5.09. The van der Waals surface area contributed by atoms with Gasteiger partial charge in [0.2, 0.25) is 0 Å². The first-order chi connectivity index (χ1) is 10.3. The average Bonchev–Trinajstić information content (AvgIpc) is 2.93. The van der Waals surface area contributed by atoms with Crippen LogP contribution in [0.25, 0.3) is 0 Å². The summed E-state index contributed by atoms with van der Waals surface area (Å²) in [5, 5.41) is 21.2. The van der Waals surface area contributed by atoms with Gasteiger partial charge in [-0.1, -0.05) is 43.7 Å². The van der Waals surface area contributed by atoms with E-state index in [4.69, 9.17) is 0 Å². The lowest BCUT2D eigenvalue weighted by Crippen LogP contribution is -2.28. The van der Waals surface area contributed by atoms with E-state index in [1.807, 2.05) is 22.9 Å². The molecule has 0 aliphatic rings. The highest BCUT2D eigenvalue weighted by Gasteiger charge is 2.12. The normalized spacial score (nSPS) is 11.2. The summed E-state index contributed by atoms with van der Waals surface area (Å²) in [6.07, 6.45) is 2.18. The van der Waals surface area contributed by atoms with Crippen LogP contribution in [0.4, 0.5) is 0 Å². The minimum absolute atomic E-state index is 0.128. The maximum Gasteiger partial charge on any atom is 0.165 e. The standard InChI is InChI=1S/C15H23N5O/c1-2-3-9-20-15(16-17-18-20)13-19(10-11-21)12-14-7-5-4-6-8-14/h4-8,21H,2-3,9-13H2,1H3. The molecule has 0 saturated carbocycles. The van der Waals surface area contributed by atoms with Gasteiger partial charge in [-0.2, -0.15) is 0 Å². The van der Waals surface area contributed by atoms with Crippen molar-refractivity contribution in [1.29, 1.82) is 0 Å². The molecule has 0 unspecified atom stereocenters. The Bertz CT molecular complexity index is 514. The van der Waals surface area contributed by atoms with E-state index in [2.05, 4.69) is 39.5 Å². The Morgan fingerprint density at radius 2 is 2.00 bits per heavy atom. The fraction of sp³-hybridized carbons (Fsp3) is 0.533. The number of aromatic nitrogens is 4. The zero-order valence-corrected chi connectivity index (χ0v) is 12.5. The fourth-order valence-corrected chi connectivity index (χ4v) is 2.22. The van der Waals surface area contributed by atoms with E-state index < -0.39 is 0 Å². The Labute approximate surface area is 125 Å². The summed E-state index contributed by atoms with van der Waals surface area (Å²) in [7, 11) is 0. The van der Waals surface area contributed by atoms with Gasteiger partial charge in [-0.25, -0.2) is 4.68 Å². The van der Waals surface area contributed by atoms with Gasteiger partial charge in [0.25, 0.3) is 0 Å². The Kier molecular flexibility index (Phi) is 6.30.